The molecule has 24 heavy (non-hydrogen) atoms. The monoisotopic (exact) mass is 343 g/mol. The van der Waals surface area contributed by atoms with E-state index in [1.165, 1.54) is 0 Å². The van der Waals surface area contributed by atoms with Crippen LogP contribution in [0, 0.1) is 5.41 Å². The first-order valence-corrected chi connectivity index (χ1v) is 7.93. The van der Waals surface area contributed by atoms with E-state index in [0.717, 1.165) is 31.0 Å². The van der Waals surface area contributed by atoms with Crippen molar-refractivity contribution in [3.63, 3.8) is 0 Å². The molecule has 1 fully saturated rings. The molecule has 0 unspecified atom stereocenters. The fourth-order valence-corrected chi connectivity index (χ4v) is 2.68. The summed E-state index contributed by atoms with van der Waals surface area (Å²) in [6.45, 7) is 5.68. The Kier molecular flexibility index (Phi) is 5.62. The number of hydrogen-bond donors (Lipinski definition) is 1. The Morgan fingerprint density at radius 3 is 2.46 bits per heavy atom. The number of nitrogens with zero attached hydrogens (tertiary/aromatic N) is 2. The van der Waals surface area contributed by atoms with Gasteiger partial charge in [0.2, 0.25) is 0 Å². The standard InChI is InChI=1S/C17H24F3N3O/c1-16(2)8-9-23(11-16)15(21-3)22-10-13-4-6-14(7-5-13)24-12-17(18,19)20/h4-7H,8-12H2,1-3H3,(H,21,22). The summed E-state index contributed by atoms with van der Waals surface area (Å²) in [5.74, 6) is 1.06. The van der Waals surface area contributed by atoms with Crippen molar-refractivity contribution in [3.05, 3.63) is 29.8 Å². The summed E-state index contributed by atoms with van der Waals surface area (Å²) in [5, 5.41) is 3.30. The van der Waals surface area contributed by atoms with E-state index in [0.29, 0.717) is 6.54 Å². The zero-order valence-corrected chi connectivity index (χ0v) is 14.3. The topological polar surface area (TPSA) is 36.9 Å². The minimum Gasteiger partial charge on any atom is -0.484 e. The van der Waals surface area contributed by atoms with Crippen LogP contribution in [0.4, 0.5) is 13.2 Å². The summed E-state index contributed by atoms with van der Waals surface area (Å²) in [4.78, 5) is 6.53. The van der Waals surface area contributed by atoms with Gasteiger partial charge in [-0.1, -0.05) is 26.0 Å². The molecular formula is C17H24F3N3O. The first-order chi connectivity index (χ1) is 11.2. The van der Waals surface area contributed by atoms with Crippen LogP contribution in [0.5, 0.6) is 5.75 Å². The van der Waals surface area contributed by atoms with Crippen molar-refractivity contribution in [1.82, 2.24) is 10.2 Å². The largest absolute Gasteiger partial charge is 0.484 e. The van der Waals surface area contributed by atoms with Crippen LogP contribution in [0.15, 0.2) is 29.3 Å². The average molecular weight is 343 g/mol. The van der Waals surface area contributed by atoms with Crippen molar-refractivity contribution in [2.45, 2.75) is 33.0 Å². The van der Waals surface area contributed by atoms with E-state index in [1.54, 1.807) is 31.3 Å². The van der Waals surface area contributed by atoms with Crippen LogP contribution in [0.1, 0.15) is 25.8 Å². The third-order valence-corrected chi connectivity index (χ3v) is 3.97. The lowest BCUT2D eigenvalue weighted by molar-refractivity contribution is -0.153. The Bertz CT molecular complexity index is 567. The molecule has 1 aromatic carbocycles. The molecule has 0 amide bonds. The molecule has 0 saturated carbocycles. The third kappa shape index (κ3) is 5.62. The van der Waals surface area contributed by atoms with E-state index >= 15 is 0 Å². The number of halogens is 3. The second kappa shape index (κ2) is 7.32. The van der Waals surface area contributed by atoms with Gasteiger partial charge in [-0.3, -0.25) is 4.99 Å². The molecule has 0 radical (unpaired) electrons. The Labute approximate surface area is 140 Å². The average Bonchev–Trinajstić information content (AvgIpc) is 2.86. The van der Waals surface area contributed by atoms with Gasteiger partial charge in [-0.05, 0) is 29.5 Å². The second-order valence-electron chi connectivity index (χ2n) is 6.78. The summed E-state index contributed by atoms with van der Waals surface area (Å²) >= 11 is 0. The summed E-state index contributed by atoms with van der Waals surface area (Å²) < 4.78 is 41.1. The number of aliphatic imine (C=N–C) groups is 1. The number of alkyl halides is 3. The smallest absolute Gasteiger partial charge is 0.422 e. The van der Waals surface area contributed by atoms with Crippen molar-refractivity contribution < 1.29 is 17.9 Å². The molecule has 0 spiro atoms. The molecule has 1 saturated heterocycles. The molecule has 0 atom stereocenters. The number of benzene rings is 1. The lowest BCUT2D eigenvalue weighted by Gasteiger charge is -2.23. The fourth-order valence-electron chi connectivity index (χ4n) is 2.68. The fraction of sp³-hybridized carbons (Fsp3) is 0.588. The number of ether oxygens (including phenoxy) is 1. The molecule has 0 bridgehead atoms. The summed E-state index contributed by atoms with van der Waals surface area (Å²) in [6, 6.07) is 6.59. The minimum atomic E-state index is -4.32. The molecule has 0 aliphatic carbocycles. The van der Waals surface area contributed by atoms with Crippen molar-refractivity contribution in [3.8, 4) is 5.75 Å². The van der Waals surface area contributed by atoms with Crippen molar-refractivity contribution >= 4 is 5.96 Å². The van der Waals surface area contributed by atoms with E-state index in [9.17, 15) is 13.2 Å². The van der Waals surface area contributed by atoms with Gasteiger partial charge in [-0.15, -0.1) is 0 Å². The Hall–Kier alpha value is -1.92. The normalized spacial score (nSPS) is 17.9. The SMILES string of the molecule is CN=C(NCc1ccc(OCC(F)(F)F)cc1)N1CCC(C)(C)C1. The number of rotatable bonds is 4. The first kappa shape index (κ1) is 18.4. The number of likely N-dealkylation sites (tertiary alicyclic amines) is 1. The van der Waals surface area contributed by atoms with E-state index in [2.05, 4.69) is 29.1 Å². The maximum Gasteiger partial charge on any atom is 0.422 e. The molecule has 7 heteroatoms. The highest BCUT2D eigenvalue weighted by atomic mass is 19.4. The Morgan fingerprint density at radius 2 is 1.96 bits per heavy atom. The molecule has 1 aliphatic heterocycles. The van der Waals surface area contributed by atoms with Gasteiger partial charge >= 0.3 is 6.18 Å². The summed E-state index contributed by atoms with van der Waals surface area (Å²) in [6.07, 6.45) is -3.20. The highest BCUT2D eigenvalue weighted by molar-refractivity contribution is 5.80. The molecule has 1 N–H and O–H groups in total. The van der Waals surface area contributed by atoms with Gasteiger partial charge in [0.25, 0.3) is 0 Å². The molecule has 134 valence electrons. The highest BCUT2D eigenvalue weighted by Crippen LogP contribution is 2.28. The van der Waals surface area contributed by atoms with Crippen LogP contribution in [0.25, 0.3) is 0 Å². The molecule has 0 aromatic heterocycles. The van der Waals surface area contributed by atoms with Gasteiger partial charge in [0.15, 0.2) is 12.6 Å². The molecule has 1 aromatic rings. The van der Waals surface area contributed by atoms with E-state index in [1.807, 2.05) is 0 Å². The van der Waals surface area contributed by atoms with Crippen LogP contribution >= 0.6 is 0 Å². The Balaban J connectivity index is 1.85. The second-order valence-corrected chi connectivity index (χ2v) is 6.78. The number of guanidine groups is 1. The van der Waals surface area contributed by atoms with Gasteiger partial charge < -0.3 is 15.0 Å². The van der Waals surface area contributed by atoms with E-state index in [4.69, 9.17) is 4.74 Å². The van der Waals surface area contributed by atoms with Crippen LogP contribution < -0.4 is 10.1 Å². The van der Waals surface area contributed by atoms with E-state index < -0.39 is 12.8 Å². The lowest BCUT2D eigenvalue weighted by Crippen LogP contribution is -2.40. The maximum absolute atomic E-state index is 12.1. The lowest BCUT2D eigenvalue weighted by atomic mass is 9.93. The Morgan fingerprint density at radius 1 is 1.29 bits per heavy atom. The van der Waals surface area contributed by atoms with Gasteiger partial charge in [-0.2, -0.15) is 13.2 Å². The van der Waals surface area contributed by atoms with Crippen molar-refractivity contribution in [2.75, 3.05) is 26.7 Å². The molecule has 1 heterocycles. The summed E-state index contributed by atoms with van der Waals surface area (Å²) in [7, 11) is 1.75. The van der Waals surface area contributed by atoms with Crippen LogP contribution in [0.3, 0.4) is 0 Å². The van der Waals surface area contributed by atoms with Gasteiger partial charge in [0.1, 0.15) is 5.75 Å². The highest BCUT2D eigenvalue weighted by Gasteiger charge is 2.31. The minimum absolute atomic E-state index is 0.210. The number of hydrogen-bond acceptors (Lipinski definition) is 2. The van der Waals surface area contributed by atoms with Crippen molar-refractivity contribution in [1.29, 1.82) is 0 Å². The van der Waals surface area contributed by atoms with Gasteiger partial charge in [0, 0.05) is 26.7 Å². The van der Waals surface area contributed by atoms with Gasteiger partial charge in [0.05, 0.1) is 0 Å². The quantitative estimate of drug-likeness (QED) is 0.672. The first-order valence-electron chi connectivity index (χ1n) is 7.93. The predicted molar refractivity (Wildman–Crippen MR) is 88.2 cm³/mol. The van der Waals surface area contributed by atoms with Crippen LogP contribution in [0.2, 0.25) is 0 Å². The molecular weight excluding hydrogens is 319 g/mol. The molecule has 2 rings (SSSR count). The zero-order valence-electron chi connectivity index (χ0n) is 14.3. The molecule has 4 nitrogen and oxygen atoms in total. The summed E-state index contributed by atoms with van der Waals surface area (Å²) in [5.41, 5.74) is 1.24. The predicted octanol–water partition coefficient (Wildman–Crippen LogP) is 3.44. The maximum atomic E-state index is 12.1. The van der Waals surface area contributed by atoms with Crippen molar-refractivity contribution in [2.24, 2.45) is 10.4 Å². The third-order valence-electron chi connectivity index (χ3n) is 3.97. The number of nitrogens with one attached hydrogen (secondary N) is 1. The zero-order chi connectivity index (χ0) is 17.8. The van der Waals surface area contributed by atoms with E-state index in [-0.39, 0.29) is 11.2 Å². The van der Waals surface area contributed by atoms with Crippen LogP contribution in [-0.4, -0.2) is 43.8 Å². The van der Waals surface area contributed by atoms with Gasteiger partial charge in [-0.25, -0.2) is 0 Å². The molecule has 1 aliphatic rings. The van der Waals surface area contributed by atoms with Crippen LogP contribution in [-0.2, 0) is 6.54 Å².